The summed E-state index contributed by atoms with van der Waals surface area (Å²) in [6, 6.07) is 12.6. The van der Waals surface area contributed by atoms with Gasteiger partial charge < -0.3 is 15.0 Å². The second-order valence-electron chi connectivity index (χ2n) is 7.65. The number of halogens is 1. The molecule has 0 spiro atoms. The molecule has 1 unspecified atom stereocenters. The number of likely N-dealkylation sites (N-methyl/N-ethyl adjacent to an activating group) is 1. The first-order chi connectivity index (χ1) is 14.5. The van der Waals surface area contributed by atoms with Crippen molar-refractivity contribution in [3.8, 4) is 11.6 Å². The fraction of sp³-hybridized carbons (Fsp3) is 0.182. The van der Waals surface area contributed by atoms with Gasteiger partial charge in [0.1, 0.15) is 11.4 Å². The van der Waals surface area contributed by atoms with Crippen molar-refractivity contribution in [3.63, 3.8) is 0 Å². The number of para-hydroxylation sites is 1. The summed E-state index contributed by atoms with van der Waals surface area (Å²) in [5.74, 6) is -0.902. The minimum Gasteiger partial charge on any atom is -0.494 e. The number of aromatic amines is 2. The Morgan fingerprint density at radius 2 is 1.83 bits per heavy atom. The molecule has 0 bridgehead atoms. The molecule has 2 atom stereocenters. The summed E-state index contributed by atoms with van der Waals surface area (Å²) in [6.07, 6.45) is 0.831. The summed E-state index contributed by atoms with van der Waals surface area (Å²) in [4.78, 5) is 32.1. The molecule has 0 radical (unpaired) electrons. The van der Waals surface area contributed by atoms with E-state index in [2.05, 4.69) is 9.97 Å². The Balaban J connectivity index is 1.77. The van der Waals surface area contributed by atoms with Gasteiger partial charge >= 0.3 is 5.69 Å². The first-order valence-corrected chi connectivity index (χ1v) is 9.71. The monoisotopic (exact) mass is 407 g/mol. The Kier molecular flexibility index (Phi) is 4.11. The van der Waals surface area contributed by atoms with Crippen LogP contribution in [-0.2, 0) is 6.42 Å². The fourth-order valence-corrected chi connectivity index (χ4v) is 4.47. The van der Waals surface area contributed by atoms with Crippen molar-refractivity contribution in [2.24, 2.45) is 0 Å². The van der Waals surface area contributed by atoms with Gasteiger partial charge in [0.25, 0.3) is 5.56 Å². The van der Waals surface area contributed by atoms with Crippen molar-refractivity contribution in [1.29, 1.82) is 0 Å². The quantitative estimate of drug-likeness (QED) is 0.400. The molecule has 2 aromatic heterocycles. The highest BCUT2D eigenvalue weighted by atomic mass is 19.1. The smallest absolute Gasteiger partial charge is 0.335 e. The average Bonchev–Trinajstić information content (AvgIpc) is 3.09. The largest absolute Gasteiger partial charge is 0.494 e. The Hall–Kier alpha value is -3.65. The Morgan fingerprint density at radius 1 is 1.10 bits per heavy atom. The predicted octanol–water partition coefficient (Wildman–Crippen LogP) is 1.01. The third kappa shape index (κ3) is 2.68. The molecule has 152 valence electrons. The molecule has 7 nitrogen and oxygen atoms in total. The maximum Gasteiger partial charge on any atom is 0.335 e. The lowest BCUT2D eigenvalue weighted by atomic mass is 9.94. The lowest BCUT2D eigenvalue weighted by molar-refractivity contribution is -0.908. The standard InChI is InChI=1S/C22H19FN4O3/c1-26-11-10-15-14-4-2-3-5-16(14)24-18(15)19(26)17-20(28)25-22(30)27(21(17)29)13-8-6-12(23)7-9-13/h2-9,19,24,29H,10-11H2,1H3,(H,25,28,30)/p+1/t19-/m0/s1. The molecule has 0 fully saturated rings. The lowest BCUT2D eigenvalue weighted by Gasteiger charge is -2.30. The molecule has 0 saturated carbocycles. The van der Waals surface area contributed by atoms with Gasteiger partial charge in [-0.15, -0.1) is 0 Å². The first-order valence-electron chi connectivity index (χ1n) is 9.71. The molecule has 4 N–H and O–H groups in total. The highest BCUT2D eigenvalue weighted by molar-refractivity contribution is 5.85. The molecule has 0 amide bonds. The second-order valence-corrected chi connectivity index (χ2v) is 7.65. The van der Waals surface area contributed by atoms with Crippen LogP contribution in [0.3, 0.4) is 0 Å². The third-order valence-electron chi connectivity index (χ3n) is 5.89. The minimum atomic E-state index is -0.779. The van der Waals surface area contributed by atoms with E-state index in [0.29, 0.717) is 0 Å². The molecule has 0 aliphatic carbocycles. The number of aromatic hydroxyl groups is 1. The molecule has 0 saturated heterocycles. The van der Waals surface area contributed by atoms with Gasteiger partial charge in [-0.2, -0.15) is 0 Å². The Morgan fingerprint density at radius 3 is 2.60 bits per heavy atom. The highest BCUT2D eigenvalue weighted by Gasteiger charge is 2.37. The zero-order chi connectivity index (χ0) is 21.0. The van der Waals surface area contributed by atoms with Crippen molar-refractivity contribution in [1.82, 2.24) is 14.5 Å². The zero-order valence-corrected chi connectivity index (χ0v) is 16.2. The van der Waals surface area contributed by atoms with Crippen molar-refractivity contribution < 1.29 is 14.4 Å². The number of aromatic nitrogens is 3. The van der Waals surface area contributed by atoms with Crippen LogP contribution in [0.1, 0.15) is 22.9 Å². The fourth-order valence-electron chi connectivity index (χ4n) is 4.47. The van der Waals surface area contributed by atoms with Crippen LogP contribution in [0.2, 0.25) is 0 Å². The van der Waals surface area contributed by atoms with Crippen LogP contribution >= 0.6 is 0 Å². The Labute approximate surface area is 170 Å². The number of rotatable bonds is 2. The van der Waals surface area contributed by atoms with Gasteiger partial charge in [0, 0.05) is 17.3 Å². The molecule has 1 aliphatic heterocycles. The van der Waals surface area contributed by atoms with Gasteiger partial charge in [0.2, 0.25) is 5.88 Å². The normalized spacial score (nSPS) is 18.5. The van der Waals surface area contributed by atoms with Crippen molar-refractivity contribution >= 4 is 10.9 Å². The number of fused-ring (bicyclic) bond motifs is 3. The minimum absolute atomic E-state index is 0.101. The van der Waals surface area contributed by atoms with Gasteiger partial charge in [-0.05, 0) is 35.9 Å². The van der Waals surface area contributed by atoms with Crippen LogP contribution < -0.4 is 16.1 Å². The molecule has 5 rings (SSSR count). The summed E-state index contributed by atoms with van der Waals surface area (Å²) in [6.45, 7) is 0.758. The van der Waals surface area contributed by atoms with Crippen molar-refractivity contribution in [2.45, 2.75) is 12.5 Å². The maximum atomic E-state index is 13.3. The van der Waals surface area contributed by atoms with E-state index in [4.69, 9.17) is 0 Å². The first kappa shape index (κ1) is 18.4. The summed E-state index contributed by atoms with van der Waals surface area (Å²) in [5.41, 5.74) is 1.88. The average molecular weight is 407 g/mol. The van der Waals surface area contributed by atoms with Crippen LogP contribution in [0.15, 0.2) is 58.1 Å². The van der Waals surface area contributed by atoms with Gasteiger partial charge in [-0.25, -0.2) is 13.8 Å². The van der Waals surface area contributed by atoms with E-state index in [-0.39, 0.29) is 11.3 Å². The number of nitrogens with zero attached hydrogens (tertiary/aromatic N) is 1. The van der Waals surface area contributed by atoms with Crippen LogP contribution in [0.5, 0.6) is 5.88 Å². The maximum absolute atomic E-state index is 13.3. The number of nitrogens with one attached hydrogen (secondary N) is 3. The van der Waals surface area contributed by atoms with Gasteiger partial charge in [-0.3, -0.25) is 9.78 Å². The summed E-state index contributed by atoms with van der Waals surface area (Å²) < 4.78 is 14.3. The number of hydrogen-bond acceptors (Lipinski definition) is 3. The molecule has 3 heterocycles. The zero-order valence-electron chi connectivity index (χ0n) is 16.2. The molecule has 1 aliphatic rings. The van der Waals surface area contributed by atoms with Gasteiger partial charge in [0.15, 0.2) is 6.04 Å². The topological polar surface area (TPSA) is 95.3 Å². The molecule has 2 aromatic carbocycles. The Bertz CT molecular complexity index is 1380. The number of quaternary nitrogens is 1. The van der Waals surface area contributed by atoms with E-state index in [1.165, 1.54) is 24.3 Å². The molecular weight excluding hydrogens is 387 g/mol. The van der Waals surface area contributed by atoms with E-state index in [9.17, 15) is 19.1 Å². The van der Waals surface area contributed by atoms with Crippen LogP contribution in [0.4, 0.5) is 4.39 Å². The van der Waals surface area contributed by atoms with Crippen LogP contribution in [0.25, 0.3) is 16.6 Å². The molecular formula is C22H20FN4O3+. The van der Waals surface area contributed by atoms with Crippen LogP contribution in [-0.4, -0.2) is 33.2 Å². The summed E-state index contributed by atoms with van der Waals surface area (Å²) >= 11 is 0. The molecule has 30 heavy (non-hydrogen) atoms. The highest BCUT2D eigenvalue weighted by Crippen LogP contribution is 2.33. The number of hydrogen-bond donors (Lipinski definition) is 4. The van der Waals surface area contributed by atoms with E-state index < -0.39 is 29.0 Å². The van der Waals surface area contributed by atoms with E-state index in [0.717, 1.165) is 44.6 Å². The van der Waals surface area contributed by atoms with E-state index in [1.807, 2.05) is 31.3 Å². The lowest BCUT2D eigenvalue weighted by Crippen LogP contribution is -3.10. The van der Waals surface area contributed by atoms with Crippen molar-refractivity contribution in [2.75, 3.05) is 13.6 Å². The number of benzene rings is 2. The molecule has 8 heteroatoms. The predicted molar refractivity (Wildman–Crippen MR) is 110 cm³/mol. The summed E-state index contributed by atoms with van der Waals surface area (Å²) in [7, 11) is 1.95. The number of H-pyrrole nitrogens is 2. The second kappa shape index (κ2) is 6.70. The van der Waals surface area contributed by atoms with Gasteiger partial charge in [0.05, 0.1) is 25.0 Å². The molecule has 4 aromatic rings. The van der Waals surface area contributed by atoms with Crippen molar-refractivity contribution in [3.05, 3.63) is 92.0 Å². The SMILES string of the molecule is C[NH+]1CCc2c([nH]c3ccccc23)[C@@H]1c1c(O)n(-c2ccc(F)cc2)c(=O)[nH]c1=O. The van der Waals surface area contributed by atoms with Crippen LogP contribution in [0, 0.1) is 5.82 Å². The van der Waals surface area contributed by atoms with E-state index in [1.54, 1.807) is 0 Å². The van der Waals surface area contributed by atoms with Gasteiger partial charge in [-0.1, -0.05) is 18.2 Å². The summed E-state index contributed by atoms with van der Waals surface area (Å²) in [5, 5.41) is 12.2. The van der Waals surface area contributed by atoms with E-state index >= 15 is 0 Å². The third-order valence-corrected chi connectivity index (χ3v) is 5.89.